The van der Waals surface area contributed by atoms with Gasteiger partial charge in [-0.15, -0.1) is 0 Å². The maximum absolute atomic E-state index is 14.4. The van der Waals surface area contributed by atoms with Gasteiger partial charge in [0.2, 0.25) is 10.0 Å². The molecule has 10 nitrogen and oxygen atoms in total. The first kappa shape index (κ1) is 40.9. The molecule has 2 aliphatic carbocycles. The summed E-state index contributed by atoms with van der Waals surface area (Å²) in [6.07, 6.45) is 10.3. The highest BCUT2D eigenvalue weighted by Gasteiger charge is 2.50. The summed E-state index contributed by atoms with van der Waals surface area (Å²) in [7, 11) is -2.26. The van der Waals surface area contributed by atoms with Crippen LogP contribution in [-0.4, -0.2) is 114 Å². The molecule has 316 valence electrons. The summed E-state index contributed by atoms with van der Waals surface area (Å²) in [6.45, 7) is 10.1. The number of piperazine rings is 1. The number of rotatable bonds is 5. The SMILES string of the molecule is CO[C@@]1(CN2CCN3CCOC[C@@H]3C2)/C=C/C[C@H](C)[C@H](Cc2ccccc2)S(=O)(=O)NC(=O)c2ccc3c(c2)N(C[C@@H]2CC[C@H]21)C[C@@]1(CCCc2cc(Cl)ccc21)CO3. The van der Waals surface area contributed by atoms with Crippen LogP contribution < -0.4 is 14.4 Å². The molecule has 0 radical (unpaired) electrons. The van der Waals surface area contributed by atoms with E-state index in [-0.39, 0.29) is 23.7 Å². The van der Waals surface area contributed by atoms with Crippen molar-refractivity contribution < 1.29 is 27.4 Å². The van der Waals surface area contributed by atoms with Crippen LogP contribution in [0, 0.1) is 17.8 Å². The lowest BCUT2D eigenvalue weighted by Gasteiger charge is -2.53. The van der Waals surface area contributed by atoms with Crippen molar-refractivity contribution in [2.75, 3.05) is 77.6 Å². The van der Waals surface area contributed by atoms with Gasteiger partial charge in [-0.3, -0.25) is 14.6 Å². The fourth-order valence-corrected chi connectivity index (χ4v) is 13.1. The minimum atomic E-state index is -4.12. The summed E-state index contributed by atoms with van der Waals surface area (Å²) in [5, 5.41) is -0.104. The Morgan fingerprint density at radius 2 is 1.88 bits per heavy atom. The fourth-order valence-electron chi connectivity index (χ4n) is 11.2. The molecule has 9 rings (SSSR count). The molecular formula is C47H59ClN4O6S. The first-order valence-corrected chi connectivity index (χ1v) is 23.6. The predicted molar refractivity (Wildman–Crippen MR) is 232 cm³/mol. The molecule has 0 aromatic heterocycles. The van der Waals surface area contributed by atoms with Gasteiger partial charge in [0.15, 0.2) is 0 Å². The molecule has 6 aliphatic rings. The number of sulfonamides is 1. The number of hydrogen-bond acceptors (Lipinski definition) is 9. The lowest BCUT2D eigenvalue weighted by atomic mass is 9.63. The van der Waals surface area contributed by atoms with Crippen molar-refractivity contribution >= 4 is 33.2 Å². The van der Waals surface area contributed by atoms with Gasteiger partial charge in [0, 0.05) is 75.0 Å². The molecule has 2 saturated heterocycles. The van der Waals surface area contributed by atoms with E-state index in [0.29, 0.717) is 42.8 Å². The van der Waals surface area contributed by atoms with Gasteiger partial charge in [-0.25, -0.2) is 13.1 Å². The molecule has 1 saturated carbocycles. The third-order valence-corrected chi connectivity index (χ3v) is 16.8. The summed E-state index contributed by atoms with van der Waals surface area (Å²) in [5.74, 6) is 0.328. The maximum atomic E-state index is 14.4. The van der Waals surface area contributed by atoms with Crippen molar-refractivity contribution in [2.45, 2.75) is 74.2 Å². The van der Waals surface area contributed by atoms with Crippen molar-refractivity contribution in [1.82, 2.24) is 14.5 Å². The van der Waals surface area contributed by atoms with E-state index in [2.05, 4.69) is 43.7 Å². The second-order valence-electron chi connectivity index (χ2n) is 18.2. The number of nitrogens with zero attached hydrogens (tertiary/aromatic N) is 3. The molecule has 2 bridgehead atoms. The highest BCUT2D eigenvalue weighted by atomic mass is 35.5. The summed E-state index contributed by atoms with van der Waals surface area (Å²) in [4.78, 5) is 21.7. The number of nitrogens with one attached hydrogen (secondary N) is 1. The molecule has 1 amide bonds. The Labute approximate surface area is 355 Å². The van der Waals surface area contributed by atoms with Crippen molar-refractivity contribution in [3.63, 3.8) is 0 Å². The van der Waals surface area contributed by atoms with Crippen LogP contribution in [0.1, 0.15) is 66.1 Å². The lowest BCUT2D eigenvalue weighted by Crippen LogP contribution is -2.62. The van der Waals surface area contributed by atoms with Crippen molar-refractivity contribution in [2.24, 2.45) is 17.8 Å². The molecule has 7 atom stereocenters. The van der Waals surface area contributed by atoms with Gasteiger partial charge >= 0.3 is 0 Å². The van der Waals surface area contributed by atoms with Crippen LogP contribution in [0.15, 0.2) is 78.9 Å². The number of hydrogen-bond donors (Lipinski definition) is 1. The van der Waals surface area contributed by atoms with Crippen LogP contribution in [0.3, 0.4) is 0 Å². The molecule has 3 fully saturated rings. The first-order chi connectivity index (χ1) is 28.5. The number of carbonyl (C=O) groups is 1. The van der Waals surface area contributed by atoms with Crippen molar-refractivity contribution in [3.05, 3.63) is 106 Å². The number of carbonyl (C=O) groups excluding carboxylic acids is 1. The van der Waals surface area contributed by atoms with Crippen LogP contribution >= 0.6 is 11.6 Å². The van der Waals surface area contributed by atoms with Crippen LogP contribution in [0.4, 0.5) is 5.69 Å². The molecule has 1 spiro atoms. The van der Waals surface area contributed by atoms with E-state index < -0.39 is 26.8 Å². The van der Waals surface area contributed by atoms with Crippen molar-refractivity contribution in [3.8, 4) is 5.75 Å². The van der Waals surface area contributed by atoms with Gasteiger partial charge < -0.3 is 19.1 Å². The molecule has 1 N–H and O–H groups in total. The summed E-state index contributed by atoms with van der Waals surface area (Å²) in [5.41, 5.74) is 3.71. The smallest absolute Gasteiger partial charge is 0.264 e. The second-order valence-corrected chi connectivity index (χ2v) is 20.5. The third kappa shape index (κ3) is 8.20. The number of methoxy groups -OCH3 is 1. The van der Waals surface area contributed by atoms with Crippen LogP contribution in [0.5, 0.6) is 5.75 Å². The molecule has 59 heavy (non-hydrogen) atoms. The Hall–Kier alpha value is -3.45. The van der Waals surface area contributed by atoms with E-state index in [1.54, 1.807) is 6.07 Å². The summed E-state index contributed by atoms with van der Waals surface area (Å²) < 4.78 is 50.9. The normalized spacial score (nSPS) is 33.0. The number of anilines is 1. The Bertz CT molecular complexity index is 2150. The van der Waals surface area contributed by atoms with Crippen LogP contribution in [0.2, 0.25) is 5.02 Å². The quantitative estimate of drug-likeness (QED) is 0.289. The lowest BCUT2D eigenvalue weighted by molar-refractivity contribution is -0.108. The van der Waals surface area contributed by atoms with Gasteiger partial charge in [-0.05, 0) is 110 Å². The number of amides is 1. The van der Waals surface area contributed by atoms with Gasteiger partial charge in [-0.2, -0.15) is 0 Å². The number of allylic oxidation sites excluding steroid dienone is 1. The molecule has 3 aromatic rings. The Kier molecular flexibility index (Phi) is 11.6. The highest BCUT2D eigenvalue weighted by molar-refractivity contribution is 7.90. The number of halogens is 1. The molecule has 0 unspecified atom stereocenters. The molecule has 4 aliphatic heterocycles. The van der Waals surface area contributed by atoms with E-state index in [1.807, 2.05) is 62.6 Å². The maximum Gasteiger partial charge on any atom is 0.264 e. The minimum absolute atomic E-state index is 0.226. The van der Waals surface area contributed by atoms with Crippen LogP contribution in [-0.2, 0) is 37.8 Å². The van der Waals surface area contributed by atoms with E-state index in [4.69, 9.17) is 25.8 Å². The zero-order chi connectivity index (χ0) is 40.8. The van der Waals surface area contributed by atoms with E-state index >= 15 is 0 Å². The van der Waals surface area contributed by atoms with Crippen molar-refractivity contribution in [1.29, 1.82) is 0 Å². The zero-order valence-electron chi connectivity index (χ0n) is 34.5. The fraction of sp³-hybridized carbons (Fsp3) is 0.553. The summed E-state index contributed by atoms with van der Waals surface area (Å²) >= 11 is 6.55. The second kappa shape index (κ2) is 16.8. The molecular weight excluding hydrogens is 784 g/mol. The number of benzene rings is 3. The monoisotopic (exact) mass is 842 g/mol. The van der Waals surface area contributed by atoms with E-state index in [9.17, 15) is 13.2 Å². The minimum Gasteiger partial charge on any atom is -0.490 e. The number of morpholine rings is 1. The zero-order valence-corrected chi connectivity index (χ0v) is 36.1. The Morgan fingerprint density at radius 1 is 1.02 bits per heavy atom. The van der Waals surface area contributed by atoms with E-state index in [1.165, 1.54) is 11.1 Å². The highest BCUT2D eigenvalue weighted by Crippen LogP contribution is 2.49. The number of aryl methyl sites for hydroxylation is 1. The topological polar surface area (TPSA) is 101 Å². The Morgan fingerprint density at radius 3 is 2.69 bits per heavy atom. The predicted octanol–water partition coefficient (Wildman–Crippen LogP) is 6.51. The Balaban J connectivity index is 1.12. The largest absolute Gasteiger partial charge is 0.490 e. The molecule has 4 heterocycles. The average Bonchev–Trinajstić information content (AvgIpc) is 3.37. The molecule has 3 aromatic carbocycles. The first-order valence-electron chi connectivity index (χ1n) is 21.7. The van der Waals surface area contributed by atoms with Gasteiger partial charge in [0.1, 0.15) is 11.4 Å². The van der Waals surface area contributed by atoms with Gasteiger partial charge in [0.05, 0.1) is 30.8 Å². The van der Waals surface area contributed by atoms with Gasteiger partial charge in [0.25, 0.3) is 5.91 Å². The summed E-state index contributed by atoms with van der Waals surface area (Å²) in [6, 6.07) is 21.8. The third-order valence-electron chi connectivity index (χ3n) is 14.6. The molecule has 12 heteroatoms. The number of fused-ring (bicyclic) bond motifs is 5. The van der Waals surface area contributed by atoms with Gasteiger partial charge in [-0.1, -0.05) is 67.1 Å². The van der Waals surface area contributed by atoms with Crippen LogP contribution in [0.25, 0.3) is 0 Å². The number of ether oxygens (including phenoxy) is 3. The average molecular weight is 844 g/mol. The standard InChI is InChI=1S/C47H59ClN4O6S/c1-33-8-6-19-47(56-2,31-50-20-21-51-22-23-57-29-39(51)28-50)41-15-12-37(41)27-52-30-46(18-7-11-35-25-38(48)14-16-40(35)46)32-58-43-17-13-36(26-42(43)52)45(53)49-59(54,55)44(33)24-34-9-4-3-5-10-34/h3-6,9-10,13-14,16-17,19,25-26,33,37,39,41,44H,7-8,11-12,15,18,20-24,27-32H2,1-2H3,(H,49,53)/b19-6+/t33-,37-,39-,41+,44-,46-,47+/m0/s1. The van der Waals surface area contributed by atoms with E-state index in [0.717, 1.165) is 101 Å².